The van der Waals surface area contributed by atoms with Crippen molar-refractivity contribution in [2.75, 3.05) is 0 Å². The van der Waals surface area contributed by atoms with Crippen LogP contribution in [0.2, 0.25) is 0 Å². The Balaban J connectivity index is 1.51. The van der Waals surface area contributed by atoms with Crippen molar-refractivity contribution in [3.8, 4) is 0 Å². The smallest absolute Gasteiger partial charge is 0.133 e. The lowest BCUT2D eigenvalue weighted by Crippen LogP contribution is -2.37. The molecule has 0 radical (unpaired) electrons. The molecular formula is C17H22N6. The van der Waals surface area contributed by atoms with Gasteiger partial charge in [0.15, 0.2) is 0 Å². The molecule has 3 aromatic rings. The number of benzene rings is 1. The number of imidazole rings is 1. The van der Waals surface area contributed by atoms with Crippen LogP contribution >= 0.6 is 0 Å². The summed E-state index contributed by atoms with van der Waals surface area (Å²) in [4.78, 5) is 4.79. The number of hydrogen-bond donors (Lipinski definition) is 1. The number of nitrogens with zero attached hydrogens (tertiary/aromatic N) is 5. The second-order valence-corrected chi connectivity index (χ2v) is 6.15. The van der Waals surface area contributed by atoms with Gasteiger partial charge in [-0.25, -0.2) is 4.98 Å². The minimum absolute atomic E-state index is 0.447. The minimum atomic E-state index is 0.447. The molecule has 6 heteroatoms. The zero-order valence-electron chi connectivity index (χ0n) is 13.7. The van der Waals surface area contributed by atoms with E-state index in [4.69, 9.17) is 4.98 Å². The highest BCUT2D eigenvalue weighted by Crippen LogP contribution is 2.18. The molecule has 3 heterocycles. The third kappa shape index (κ3) is 2.53. The molecule has 0 amide bonds. The Labute approximate surface area is 135 Å². The van der Waals surface area contributed by atoms with Gasteiger partial charge < -0.3 is 14.5 Å². The van der Waals surface area contributed by atoms with Crippen molar-refractivity contribution in [1.82, 2.24) is 29.6 Å². The molecule has 2 aromatic heterocycles. The monoisotopic (exact) mass is 310 g/mol. The van der Waals surface area contributed by atoms with Crippen molar-refractivity contribution >= 4 is 11.0 Å². The lowest BCUT2D eigenvalue weighted by atomic mass is 10.1. The van der Waals surface area contributed by atoms with Gasteiger partial charge >= 0.3 is 0 Å². The Morgan fingerprint density at radius 2 is 2.13 bits per heavy atom. The summed E-state index contributed by atoms with van der Waals surface area (Å²) < 4.78 is 4.52. The first-order valence-corrected chi connectivity index (χ1v) is 8.32. The van der Waals surface area contributed by atoms with E-state index in [1.807, 2.05) is 13.0 Å². The largest absolute Gasteiger partial charge is 0.327 e. The van der Waals surface area contributed by atoms with Crippen molar-refractivity contribution in [2.45, 2.75) is 52.4 Å². The number of nitrogens with one attached hydrogen (secondary N) is 1. The van der Waals surface area contributed by atoms with Crippen LogP contribution in [-0.2, 0) is 26.1 Å². The first-order valence-electron chi connectivity index (χ1n) is 8.32. The summed E-state index contributed by atoms with van der Waals surface area (Å²) in [5.41, 5.74) is 2.29. The van der Waals surface area contributed by atoms with E-state index in [9.17, 15) is 0 Å². The molecule has 1 N–H and O–H groups in total. The predicted molar refractivity (Wildman–Crippen MR) is 89.1 cm³/mol. The second kappa shape index (κ2) is 5.77. The Bertz CT molecular complexity index is 831. The van der Waals surface area contributed by atoms with Crippen molar-refractivity contribution in [3.05, 3.63) is 41.7 Å². The predicted octanol–water partition coefficient (Wildman–Crippen LogP) is 2.06. The fourth-order valence-electron chi connectivity index (χ4n) is 3.48. The van der Waals surface area contributed by atoms with Crippen molar-refractivity contribution in [3.63, 3.8) is 0 Å². The number of para-hydroxylation sites is 2. The summed E-state index contributed by atoms with van der Waals surface area (Å²) in [6.45, 7) is 6.88. The van der Waals surface area contributed by atoms with Gasteiger partial charge in [0.05, 0.1) is 17.6 Å². The number of aryl methyl sites for hydroxylation is 3. The molecule has 6 nitrogen and oxygen atoms in total. The first-order chi connectivity index (χ1) is 11.3. The third-order valence-corrected chi connectivity index (χ3v) is 4.73. The number of rotatable bonds is 4. The fourth-order valence-corrected chi connectivity index (χ4v) is 3.48. The zero-order chi connectivity index (χ0) is 15.8. The van der Waals surface area contributed by atoms with Gasteiger partial charge in [0, 0.05) is 25.6 Å². The van der Waals surface area contributed by atoms with Crippen LogP contribution in [0.5, 0.6) is 0 Å². The summed E-state index contributed by atoms with van der Waals surface area (Å²) >= 11 is 0. The Morgan fingerprint density at radius 1 is 1.26 bits per heavy atom. The molecule has 1 aliphatic rings. The summed E-state index contributed by atoms with van der Waals surface area (Å²) in [6, 6.07) is 8.79. The van der Waals surface area contributed by atoms with Gasteiger partial charge in [0.25, 0.3) is 0 Å². The highest BCUT2D eigenvalue weighted by Gasteiger charge is 2.21. The highest BCUT2D eigenvalue weighted by molar-refractivity contribution is 5.75. The SMILES string of the molecule is CCn1c(CNC2CCc3nnc(C)n3C2)nc2ccccc21. The van der Waals surface area contributed by atoms with E-state index in [1.54, 1.807) is 0 Å². The van der Waals surface area contributed by atoms with Crippen LogP contribution < -0.4 is 5.32 Å². The van der Waals surface area contributed by atoms with Crippen LogP contribution in [0.3, 0.4) is 0 Å². The van der Waals surface area contributed by atoms with E-state index in [2.05, 4.69) is 49.8 Å². The van der Waals surface area contributed by atoms with Crippen LogP contribution in [0.25, 0.3) is 11.0 Å². The Hall–Kier alpha value is -2.21. The highest BCUT2D eigenvalue weighted by atomic mass is 15.3. The number of hydrogen-bond acceptors (Lipinski definition) is 4. The van der Waals surface area contributed by atoms with Crippen molar-refractivity contribution in [2.24, 2.45) is 0 Å². The molecule has 0 saturated heterocycles. The van der Waals surface area contributed by atoms with Gasteiger partial charge in [-0.1, -0.05) is 12.1 Å². The van der Waals surface area contributed by atoms with E-state index >= 15 is 0 Å². The van der Waals surface area contributed by atoms with Crippen LogP contribution in [0, 0.1) is 6.92 Å². The van der Waals surface area contributed by atoms with Crippen LogP contribution in [0.15, 0.2) is 24.3 Å². The van der Waals surface area contributed by atoms with Gasteiger partial charge in [-0.2, -0.15) is 0 Å². The minimum Gasteiger partial charge on any atom is -0.327 e. The Kier molecular flexibility index (Phi) is 3.61. The molecule has 0 spiro atoms. The van der Waals surface area contributed by atoms with Gasteiger partial charge in [0.1, 0.15) is 17.5 Å². The molecule has 1 aliphatic heterocycles. The van der Waals surface area contributed by atoms with Gasteiger partial charge in [-0.15, -0.1) is 10.2 Å². The summed E-state index contributed by atoms with van der Waals surface area (Å²) in [5.74, 6) is 3.23. The summed E-state index contributed by atoms with van der Waals surface area (Å²) in [7, 11) is 0. The zero-order valence-corrected chi connectivity index (χ0v) is 13.7. The molecule has 0 saturated carbocycles. The van der Waals surface area contributed by atoms with Crippen LogP contribution in [0.4, 0.5) is 0 Å². The summed E-state index contributed by atoms with van der Waals surface area (Å²) in [5, 5.41) is 12.1. The number of aromatic nitrogens is 5. The maximum atomic E-state index is 4.79. The third-order valence-electron chi connectivity index (χ3n) is 4.73. The molecular weight excluding hydrogens is 288 g/mol. The average molecular weight is 310 g/mol. The van der Waals surface area contributed by atoms with Crippen LogP contribution in [-0.4, -0.2) is 30.4 Å². The lowest BCUT2D eigenvalue weighted by molar-refractivity contribution is 0.370. The topological polar surface area (TPSA) is 60.6 Å². The quantitative estimate of drug-likeness (QED) is 0.801. The van der Waals surface area contributed by atoms with E-state index in [0.29, 0.717) is 6.04 Å². The normalized spacial score (nSPS) is 17.6. The molecule has 1 unspecified atom stereocenters. The Morgan fingerprint density at radius 3 is 3.00 bits per heavy atom. The van der Waals surface area contributed by atoms with E-state index in [0.717, 1.165) is 55.5 Å². The summed E-state index contributed by atoms with van der Waals surface area (Å²) in [6.07, 6.45) is 2.09. The van der Waals surface area contributed by atoms with Gasteiger partial charge in [-0.3, -0.25) is 0 Å². The molecule has 1 aromatic carbocycles. The fraction of sp³-hybridized carbons (Fsp3) is 0.471. The van der Waals surface area contributed by atoms with Crippen LogP contribution in [0.1, 0.15) is 30.8 Å². The standard InChI is InChI=1S/C17H22N6/c1-3-22-15-7-5-4-6-14(15)19-17(22)10-18-13-8-9-16-21-20-12(2)23(16)11-13/h4-7,13,18H,3,8-11H2,1-2H3. The molecule has 0 bridgehead atoms. The maximum Gasteiger partial charge on any atom is 0.133 e. The first kappa shape index (κ1) is 14.4. The second-order valence-electron chi connectivity index (χ2n) is 6.15. The number of fused-ring (bicyclic) bond motifs is 2. The van der Waals surface area contributed by atoms with Crippen molar-refractivity contribution in [1.29, 1.82) is 0 Å². The molecule has 1 atom stereocenters. The molecule has 23 heavy (non-hydrogen) atoms. The molecule has 0 fully saturated rings. The molecule has 0 aliphatic carbocycles. The molecule has 4 rings (SSSR count). The van der Waals surface area contributed by atoms with Crippen molar-refractivity contribution < 1.29 is 0 Å². The average Bonchev–Trinajstić information content (AvgIpc) is 3.13. The van der Waals surface area contributed by atoms with E-state index < -0.39 is 0 Å². The van der Waals surface area contributed by atoms with E-state index in [1.165, 1.54) is 5.52 Å². The van der Waals surface area contributed by atoms with E-state index in [-0.39, 0.29) is 0 Å². The molecule has 120 valence electrons. The lowest BCUT2D eigenvalue weighted by Gasteiger charge is -2.25. The van der Waals surface area contributed by atoms with Gasteiger partial charge in [0.2, 0.25) is 0 Å². The maximum absolute atomic E-state index is 4.79. The van der Waals surface area contributed by atoms with Gasteiger partial charge in [-0.05, 0) is 32.4 Å².